The molecule has 0 aliphatic heterocycles. The van der Waals surface area contributed by atoms with Crippen LogP contribution in [0.1, 0.15) is 26.2 Å². The van der Waals surface area contributed by atoms with Gasteiger partial charge in [-0.1, -0.05) is 0 Å². The number of imidazole rings is 1. The van der Waals surface area contributed by atoms with Crippen LogP contribution in [0.3, 0.4) is 0 Å². The Kier molecular flexibility index (Phi) is 4.54. The largest absolute Gasteiger partial charge is 0.465 e. The Balaban J connectivity index is 1.84. The predicted octanol–water partition coefficient (Wildman–Crippen LogP) is 0.827. The van der Waals surface area contributed by atoms with Crippen LogP contribution in [0, 0.1) is 0 Å². The summed E-state index contributed by atoms with van der Waals surface area (Å²) in [7, 11) is 0. The summed E-state index contributed by atoms with van der Waals surface area (Å²) in [6.45, 7) is 2.77. The van der Waals surface area contributed by atoms with Crippen molar-refractivity contribution in [3.63, 3.8) is 0 Å². The van der Waals surface area contributed by atoms with Crippen molar-refractivity contribution >= 4 is 11.9 Å². The molecule has 1 saturated carbocycles. The summed E-state index contributed by atoms with van der Waals surface area (Å²) in [5.74, 6) is -0.324. The van der Waals surface area contributed by atoms with E-state index in [0.29, 0.717) is 19.6 Å². The number of amides is 1. The fourth-order valence-electron chi connectivity index (χ4n) is 1.94. The maximum Gasteiger partial charge on any atom is 0.325 e. The quantitative estimate of drug-likeness (QED) is 0.685. The lowest BCUT2D eigenvalue weighted by molar-refractivity contribution is -0.149. The highest BCUT2D eigenvalue weighted by atomic mass is 16.5. The molecule has 104 valence electrons. The second-order valence-corrected chi connectivity index (χ2v) is 4.61. The molecule has 0 N–H and O–H groups in total. The summed E-state index contributed by atoms with van der Waals surface area (Å²) in [6.07, 6.45) is 7.53. The average molecular weight is 265 g/mol. The third kappa shape index (κ3) is 4.08. The molecule has 1 amide bonds. The van der Waals surface area contributed by atoms with Crippen LogP contribution < -0.4 is 0 Å². The molecule has 2 rings (SSSR count). The monoisotopic (exact) mass is 265 g/mol. The zero-order valence-electron chi connectivity index (χ0n) is 11.1. The molecule has 19 heavy (non-hydrogen) atoms. The number of rotatable bonds is 7. The minimum atomic E-state index is -0.328. The maximum atomic E-state index is 12.1. The number of carbonyl (C=O) groups excluding carboxylic acids is 2. The summed E-state index contributed by atoms with van der Waals surface area (Å²) in [6, 6.07) is 0.222. The molecule has 1 aliphatic carbocycles. The smallest absolute Gasteiger partial charge is 0.325 e. The highest BCUT2D eigenvalue weighted by molar-refractivity contribution is 5.82. The molecule has 0 spiro atoms. The van der Waals surface area contributed by atoms with E-state index in [1.807, 2.05) is 10.8 Å². The van der Waals surface area contributed by atoms with Crippen molar-refractivity contribution in [2.75, 3.05) is 13.2 Å². The number of esters is 1. The van der Waals surface area contributed by atoms with Crippen molar-refractivity contribution < 1.29 is 14.3 Å². The van der Waals surface area contributed by atoms with Crippen molar-refractivity contribution in [1.82, 2.24) is 14.5 Å². The molecule has 0 aromatic carbocycles. The molecule has 0 atom stereocenters. The van der Waals surface area contributed by atoms with Gasteiger partial charge in [0, 0.05) is 31.4 Å². The normalized spacial score (nSPS) is 14.2. The molecule has 0 bridgehead atoms. The molecule has 0 radical (unpaired) electrons. The lowest BCUT2D eigenvalue weighted by Gasteiger charge is -2.21. The number of aromatic nitrogens is 2. The van der Waals surface area contributed by atoms with Gasteiger partial charge in [-0.25, -0.2) is 4.98 Å². The Hall–Kier alpha value is -1.85. The molecular weight excluding hydrogens is 246 g/mol. The fourth-order valence-corrected chi connectivity index (χ4v) is 1.94. The summed E-state index contributed by atoms with van der Waals surface area (Å²) < 4.78 is 6.76. The van der Waals surface area contributed by atoms with Gasteiger partial charge < -0.3 is 14.2 Å². The first-order chi connectivity index (χ1) is 9.20. The zero-order chi connectivity index (χ0) is 13.7. The summed E-state index contributed by atoms with van der Waals surface area (Å²) in [4.78, 5) is 29.2. The van der Waals surface area contributed by atoms with Crippen LogP contribution in [0.15, 0.2) is 18.7 Å². The van der Waals surface area contributed by atoms with E-state index in [2.05, 4.69) is 4.98 Å². The van der Waals surface area contributed by atoms with Crippen LogP contribution in [0.4, 0.5) is 0 Å². The van der Waals surface area contributed by atoms with Crippen molar-refractivity contribution in [1.29, 1.82) is 0 Å². The Bertz CT molecular complexity index is 426. The number of hydrogen-bond acceptors (Lipinski definition) is 4. The van der Waals surface area contributed by atoms with Gasteiger partial charge in [-0.2, -0.15) is 0 Å². The van der Waals surface area contributed by atoms with Crippen molar-refractivity contribution in [2.24, 2.45) is 0 Å². The van der Waals surface area contributed by atoms with Gasteiger partial charge in [0.1, 0.15) is 6.54 Å². The first-order valence-electron chi connectivity index (χ1n) is 6.61. The van der Waals surface area contributed by atoms with Gasteiger partial charge in [0.05, 0.1) is 12.9 Å². The molecule has 1 aromatic heterocycles. The highest BCUT2D eigenvalue weighted by Gasteiger charge is 2.33. The fraction of sp³-hybridized carbons (Fsp3) is 0.615. The van der Waals surface area contributed by atoms with Gasteiger partial charge in [0.25, 0.3) is 0 Å². The van der Waals surface area contributed by atoms with Crippen LogP contribution in [0.25, 0.3) is 0 Å². The third-order valence-electron chi connectivity index (χ3n) is 3.06. The van der Waals surface area contributed by atoms with E-state index < -0.39 is 0 Å². The standard InChI is InChI=1S/C13H19N3O3/c1-2-19-13(18)9-16(11-3-4-11)12(17)5-7-15-8-6-14-10-15/h6,8,10-11H,2-5,7,9H2,1H3. The predicted molar refractivity (Wildman–Crippen MR) is 68.2 cm³/mol. The molecule has 6 nitrogen and oxygen atoms in total. The Morgan fingerprint density at radius 2 is 2.26 bits per heavy atom. The van der Waals surface area contributed by atoms with E-state index in [-0.39, 0.29) is 24.5 Å². The zero-order valence-corrected chi connectivity index (χ0v) is 11.1. The second kappa shape index (κ2) is 6.36. The molecule has 1 fully saturated rings. The summed E-state index contributed by atoms with van der Waals surface area (Å²) >= 11 is 0. The number of nitrogens with zero attached hydrogens (tertiary/aromatic N) is 3. The summed E-state index contributed by atoms with van der Waals surface area (Å²) in [5, 5.41) is 0. The van der Waals surface area contributed by atoms with Crippen molar-refractivity contribution in [2.45, 2.75) is 38.8 Å². The lowest BCUT2D eigenvalue weighted by atomic mass is 10.3. The number of aryl methyl sites for hydroxylation is 1. The van der Waals surface area contributed by atoms with Crippen LogP contribution in [-0.4, -0.2) is 45.5 Å². The Morgan fingerprint density at radius 1 is 1.47 bits per heavy atom. The summed E-state index contributed by atoms with van der Waals surface area (Å²) in [5.41, 5.74) is 0. The number of carbonyl (C=O) groups is 2. The van der Waals surface area contributed by atoms with E-state index in [1.165, 1.54) is 0 Å². The van der Waals surface area contributed by atoms with E-state index in [0.717, 1.165) is 12.8 Å². The lowest BCUT2D eigenvalue weighted by Crippen LogP contribution is -2.38. The van der Waals surface area contributed by atoms with E-state index >= 15 is 0 Å². The van der Waals surface area contributed by atoms with E-state index in [1.54, 1.807) is 24.3 Å². The molecule has 0 unspecified atom stereocenters. The van der Waals surface area contributed by atoms with Crippen molar-refractivity contribution in [3.8, 4) is 0 Å². The highest BCUT2D eigenvalue weighted by Crippen LogP contribution is 2.27. The third-order valence-corrected chi connectivity index (χ3v) is 3.06. The number of ether oxygens (including phenoxy) is 1. The molecular formula is C13H19N3O3. The topological polar surface area (TPSA) is 64.4 Å². The Labute approximate surface area is 112 Å². The molecule has 1 heterocycles. The van der Waals surface area contributed by atoms with Gasteiger partial charge >= 0.3 is 5.97 Å². The minimum absolute atomic E-state index is 0.00394. The molecule has 0 saturated heterocycles. The number of hydrogen-bond donors (Lipinski definition) is 0. The minimum Gasteiger partial charge on any atom is -0.465 e. The van der Waals surface area contributed by atoms with E-state index in [4.69, 9.17) is 4.74 Å². The van der Waals surface area contributed by atoms with Gasteiger partial charge in [-0.15, -0.1) is 0 Å². The molecule has 6 heteroatoms. The van der Waals surface area contributed by atoms with Crippen molar-refractivity contribution in [3.05, 3.63) is 18.7 Å². The van der Waals surface area contributed by atoms with E-state index in [9.17, 15) is 9.59 Å². The molecule has 1 aliphatic rings. The van der Waals surface area contributed by atoms with Crippen LogP contribution in [-0.2, 0) is 20.9 Å². The SMILES string of the molecule is CCOC(=O)CN(C(=O)CCn1ccnc1)C1CC1. The van der Waals surface area contributed by atoms with Crippen LogP contribution >= 0.6 is 0 Å². The van der Waals surface area contributed by atoms with Gasteiger partial charge in [0.2, 0.25) is 5.91 Å². The van der Waals surface area contributed by atoms with Gasteiger partial charge in [0.15, 0.2) is 0 Å². The van der Waals surface area contributed by atoms with Gasteiger partial charge in [-0.3, -0.25) is 9.59 Å². The first kappa shape index (κ1) is 13.6. The van der Waals surface area contributed by atoms with Crippen LogP contribution in [0.2, 0.25) is 0 Å². The Morgan fingerprint density at radius 3 is 2.84 bits per heavy atom. The second-order valence-electron chi connectivity index (χ2n) is 4.61. The maximum absolute atomic E-state index is 12.1. The van der Waals surface area contributed by atoms with Crippen LogP contribution in [0.5, 0.6) is 0 Å². The first-order valence-corrected chi connectivity index (χ1v) is 6.61. The average Bonchev–Trinajstić information content (AvgIpc) is 3.09. The molecule has 1 aromatic rings. The van der Waals surface area contributed by atoms with Gasteiger partial charge in [-0.05, 0) is 19.8 Å².